The van der Waals surface area contributed by atoms with Crippen LogP contribution in [0.3, 0.4) is 0 Å². The smallest absolute Gasteiger partial charge is 0.294 e. The molecule has 2 N–H and O–H groups in total. The maximum atomic E-state index is 12.0. The van der Waals surface area contributed by atoms with Gasteiger partial charge in [-0.15, -0.1) is 10.2 Å². The van der Waals surface area contributed by atoms with Crippen LogP contribution in [0.4, 0.5) is 0 Å². The lowest BCUT2D eigenvalue weighted by Gasteiger charge is -2.12. The molecule has 0 aliphatic rings. The number of nitrogens with one attached hydrogen (secondary N) is 1. The van der Waals surface area contributed by atoms with Crippen LogP contribution in [0.25, 0.3) is 16.7 Å². The summed E-state index contributed by atoms with van der Waals surface area (Å²) in [5.74, 6) is 0. The van der Waals surface area contributed by atoms with Gasteiger partial charge in [-0.2, -0.15) is 0 Å². The third-order valence-electron chi connectivity index (χ3n) is 3.20. The Morgan fingerprint density at radius 3 is 2.80 bits per heavy atom. The van der Waals surface area contributed by atoms with E-state index in [-0.39, 0.29) is 16.5 Å². The Hall–Kier alpha value is -1.86. The number of rotatable bonds is 3. The summed E-state index contributed by atoms with van der Waals surface area (Å²) in [6.45, 7) is 3.64. The average molecular weight is 290 g/mol. The minimum absolute atomic E-state index is 0.0413. The number of aromatic amines is 1. The predicted octanol–water partition coefficient (Wildman–Crippen LogP) is 1.43. The average Bonchev–Trinajstić information content (AvgIpc) is 2.83. The summed E-state index contributed by atoms with van der Waals surface area (Å²) >= 11 is 1.40. The van der Waals surface area contributed by atoms with Crippen molar-refractivity contribution in [2.45, 2.75) is 30.4 Å². The molecule has 0 amide bonds. The highest BCUT2D eigenvalue weighted by Gasteiger charge is 2.17. The molecular weight excluding hydrogens is 276 g/mol. The van der Waals surface area contributed by atoms with E-state index >= 15 is 0 Å². The fourth-order valence-corrected chi connectivity index (χ4v) is 2.84. The number of aliphatic hydroxyl groups excluding tert-OH is 1. The Bertz CT molecular complexity index is 824. The van der Waals surface area contributed by atoms with Crippen LogP contribution in [0, 0.1) is 0 Å². The van der Waals surface area contributed by atoms with E-state index in [1.165, 1.54) is 11.8 Å². The standard InChI is InChI=1S/C13H14N4O2S/c1-7(18)8(2)20-13-16-15-11-12(19)14-9-5-3-4-6-10(9)17(11)13/h3-8,18H,1-2H3,(H,14,19). The predicted molar refractivity (Wildman–Crippen MR) is 78.1 cm³/mol. The van der Waals surface area contributed by atoms with E-state index in [1.54, 1.807) is 11.3 Å². The zero-order chi connectivity index (χ0) is 14.3. The number of nitrogens with zero attached hydrogens (tertiary/aromatic N) is 3. The molecule has 20 heavy (non-hydrogen) atoms. The minimum Gasteiger partial charge on any atom is -0.392 e. The summed E-state index contributed by atoms with van der Waals surface area (Å²) in [6, 6.07) is 7.49. The molecule has 2 atom stereocenters. The van der Waals surface area contributed by atoms with Crippen molar-refractivity contribution < 1.29 is 5.11 Å². The maximum Gasteiger partial charge on any atom is 0.294 e. The fraction of sp³-hybridized carbons (Fsp3) is 0.308. The number of hydrogen-bond acceptors (Lipinski definition) is 5. The summed E-state index contributed by atoms with van der Waals surface area (Å²) < 4.78 is 1.73. The summed E-state index contributed by atoms with van der Waals surface area (Å²) in [7, 11) is 0. The van der Waals surface area contributed by atoms with Crippen LogP contribution in [0.15, 0.2) is 34.2 Å². The summed E-state index contributed by atoms with van der Waals surface area (Å²) in [6.07, 6.45) is -0.472. The molecule has 0 saturated carbocycles. The number of hydrogen-bond donors (Lipinski definition) is 2. The molecule has 0 spiro atoms. The van der Waals surface area contributed by atoms with Gasteiger partial charge in [-0.05, 0) is 19.1 Å². The van der Waals surface area contributed by atoms with Crippen LogP contribution >= 0.6 is 11.8 Å². The number of thioether (sulfide) groups is 1. The van der Waals surface area contributed by atoms with Gasteiger partial charge in [0, 0.05) is 5.25 Å². The number of para-hydroxylation sites is 2. The second-order valence-corrected chi connectivity index (χ2v) is 6.02. The third-order valence-corrected chi connectivity index (χ3v) is 4.44. The first-order chi connectivity index (χ1) is 9.58. The molecule has 0 saturated heterocycles. The molecule has 2 heterocycles. The first kappa shape index (κ1) is 13.1. The molecule has 1 aromatic carbocycles. The zero-order valence-corrected chi connectivity index (χ0v) is 11.9. The van der Waals surface area contributed by atoms with Gasteiger partial charge in [-0.1, -0.05) is 30.8 Å². The van der Waals surface area contributed by atoms with Gasteiger partial charge in [0.25, 0.3) is 5.56 Å². The molecule has 0 bridgehead atoms. The summed E-state index contributed by atoms with van der Waals surface area (Å²) in [5.41, 5.74) is 1.57. The van der Waals surface area contributed by atoms with E-state index in [2.05, 4.69) is 15.2 Å². The van der Waals surface area contributed by atoms with Crippen molar-refractivity contribution in [2.24, 2.45) is 0 Å². The number of benzene rings is 1. The van der Waals surface area contributed by atoms with Crippen molar-refractivity contribution in [1.29, 1.82) is 0 Å². The maximum absolute atomic E-state index is 12.0. The van der Waals surface area contributed by atoms with Crippen LogP contribution in [-0.2, 0) is 0 Å². The van der Waals surface area contributed by atoms with Crippen molar-refractivity contribution in [3.63, 3.8) is 0 Å². The normalized spacial score (nSPS) is 14.8. The molecular formula is C13H14N4O2S. The molecule has 0 aliphatic heterocycles. The number of H-pyrrole nitrogens is 1. The Morgan fingerprint density at radius 1 is 1.30 bits per heavy atom. The first-order valence-corrected chi connectivity index (χ1v) is 7.17. The van der Waals surface area contributed by atoms with Crippen molar-refractivity contribution in [1.82, 2.24) is 19.6 Å². The highest BCUT2D eigenvalue weighted by molar-refractivity contribution is 7.99. The molecule has 0 radical (unpaired) electrons. The lowest BCUT2D eigenvalue weighted by Crippen LogP contribution is -2.16. The van der Waals surface area contributed by atoms with Gasteiger partial charge in [-0.3, -0.25) is 9.20 Å². The highest BCUT2D eigenvalue weighted by Crippen LogP contribution is 2.25. The van der Waals surface area contributed by atoms with Crippen LogP contribution < -0.4 is 5.56 Å². The van der Waals surface area contributed by atoms with Crippen LogP contribution in [0.5, 0.6) is 0 Å². The largest absolute Gasteiger partial charge is 0.392 e. The van der Waals surface area contributed by atoms with Gasteiger partial charge >= 0.3 is 0 Å². The molecule has 3 rings (SSSR count). The second kappa shape index (κ2) is 4.92. The number of aromatic nitrogens is 4. The minimum atomic E-state index is -0.472. The molecule has 2 aromatic heterocycles. The molecule has 3 aromatic rings. The van der Waals surface area contributed by atoms with Gasteiger partial charge in [0.1, 0.15) is 0 Å². The molecule has 0 fully saturated rings. The number of aliphatic hydroxyl groups is 1. The van der Waals surface area contributed by atoms with E-state index in [9.17, 15) is 9.90 Å². The molecule has 7 heteroatoms. The second-order valence-electron chi connectivity index (χ2n) is 4.68. The van der Waals surface area contributed by atoms with Crippen LogP contribution in [-0.4, -0.2) is 36.0 Å². The number of fused-ring (bicyclic) bond motifs is 3. The topological polar surface area (TPSA) is 83.3 Å². The lowest BCUT2D eigenvalue weighted by atomic mass is 10.3. The zero-order valence-electron chi connectivity index (χ0n) is 11.1. The summed E-state index contributed by atoms with van der Waals surface area (Å²) in [5, 5.41) is 18.2. The third kappa shape index (κ3) is 2.08. The Kier molecular flexibility index (Phi) is 3.23. The van der Waals surface area contributed by atoms with Gasteiger partial charge in [-0.25, -0.2) is 0 Å². The molecule has 0 aliphatic carbocycles. The summed E-state index contributed by atoms with van der Waals surface area (Å²) in [4.78, 5) is 14.8. The molecule has 6 nitrogen and oxygen atoms in total. The Labute approximate surface area is 118 Å². The van der Waals surface area contributed by atoms with Crippen molar-refractivity contribution in [2.75, 3.05) is 0 Å². The Balaban J connectivity index is 2.26. The van der Waals surface area contributed by atoms with Crippen LogP contribution in [0.1, 0.15) is 13.8 Å². The van der Waals surface area contributed by atoms with Gasteiger partial charge in [0.2, 0.25) is 5.65 Å². The SMILES string of the molecule is CC(O)C(C)Sc1nnc2c(=O)[nH]c3ccccc3n12. The highest BCUT2D eigenvalue weighted by atomic mass is 32.2. The first-order valence-electron chi connectivity index (χ1n) is 6.29. The molecule has 2 unspecified atom stereocenters. The van der Waals surface area contributed by atoms with Gasteiger partial charge in [0.05, 0.1) is 17.1 Å². The van der Waals surface area contributed by atoms with Gasteiger partial charge < -0.3 is 10.1 Å². The molecule has 104 valence electrons. The van der Waals surface area contributed by atoms with Gasteiger partial charge in [0.15, 0.2) is 5.16 Å². The fourth-order valence-electron chi connectivity index (χ4n) is 1.93. The van der Waals surface area contributed by atoms with E-state index < -0.39 is 6.10 Å². The van der Waals surface area contributed by atoms with E-state index in [4.69, 9.17) is 0 Å². The lowest BCUT2D eigenvalue weighted by molar-refractivity contribution is 0.196. The quantitative estimate of drug-likeness (QED) is 0.713. The van der Waals surface area contributed by atoms with Crippen LogP contribution in [0.2, 0.25) is 0 Å². The van der Waals surface area contributed by atoms with E-state index in [1.807, 2.05) is 31.2 Å². The monoisotopic (exact) mass is 290 g/mol. The van der Waals surface area contributed by atoms with Crippen molar-refractivity contribution in [3.8, 4) is 0 Å². The van der Waals surface area contributed by atoms with E-state index in [0.29, 0.717) is 5.16 Å². The Morgan fingerprint density at radius 2 is 2.05 bits per heavy atom. The van der Waals surface area contributed by atoms with E-state index in [0.717, 1.165) is 11.0 Å². The van der Waals surface area contributed by atoms with Crippen molar-refractivity contribution in [3.05, 3.63) is 34.6 Å². The van der Waals surface area contributed by atoms with Crippen molar-refractivity contribution >= 4 is 28.4 Å².